The van der Waals surface area contributed by atoms with Gasteiger partial charge in [-0.15, -0.1) is 0 Å². The SMILES string of the molecule is Cc1ccc(C2CSC(=Nc3ccc(Cl)cc3)O2)cc1. The summed E-state index contributed by atoms with van der Waals surface area (Å²) < 4.78 is 5.90. The van der Waals surface area contributed by atoms with Crippen molar-refractivity contribution in [3.63, 3.8) is 0 Å². The molecule has 4 heteroatoms. The highest BCUT2D eigenvalue weighted by molar-refractivity contribution is 8.13. The van der Waals surface area contributed by atoms with Gasteiger partial charge in [0.1, 0.15) is 6.10 Å². The van der Waals surface area contributed by atoms with Crippen LogP contribution in [-0.2, 0) is 4.74 Å². The molecule has 0 N–H and O–H groups in total. The van der Waals surface area contributed by atoms with Gasteiger partial charge in [0.2, 0.25) is 0 Å². The molecule has 0 spiro atoms. The highest BCUT2D eigenvalue weighted by Gasteiger charge is 2.24. The molecule has 0 saturated carbocycles. The van der Waals surface area contributed by atoms with Crippen LogP contribution in [0, 0.1) is 6.92 Å². The van der Waals surface area contributed by atoms with Crippen LogP contribution in [0.5, 0.6) is 0 Å². The quantitative estimate of drug-likeness (QED) is 0.766. The van der Waals surface area contributed by atoms with Crippen molar-refractivity contribution in [3.8, 4) is 0 Å². The molecule has 1 heterocycles. The Morgan fingerprint density at radius 2 is 1.80 bits per heavy atom. The molecule has 1 unspecified atom stereocenters. The molecule has 102 valence electrons. The van der Waals surface area contributed by atoms with Crippen LogP contribution in [0.4, 0.5) is 5.69 Å². The van der Waals surface area contributed by atoms with E-state index in [4.69, 9.17) is 16.3 Å². The Hall–Kier alpha value is -1.45. The molecule has 1 fully saturated rings. The lowest BCUT2D eigenvalue weighted by atomic mass is 10.1. The first-order chi connectivity index (χ1) is 9.70. The number of ether oxygens (including phenoxy) is 1. The minimum atomic E-state index is 0.0895. The topological polar surface area (TPSA) is 21.6 Å². The molecule has 2 nitrogen and oxygen atoms in total. The molecule has 0 radical (unpaired) electrons. The van der Waals surface area contributed by atoms with E-state index in [0.29, 0.717) is 5.02 Å². The molecule has 0 bridgehead atoms. The Bertz CT molecular complexity index is 622. The van der Waals surface area contributed by atoms with E-state index in [1.807, 2.05) is 24.3 Å². The number of hydrogen-bond acceptors (Lipinski definition) is 3. The number of halogens is 1. The van der Waals surface area contributed by atoms with Crippen LogP contribution in [0.25, 0.3) is 0 Å². The molecule has 3 rings (SSSR count). The van der Waals surface area contributed by atoms with Gasteiger partial charge in [0.15, 0.2) is 0 Å². The van der Waals surface area contributed by atoms with E-state index < -0.39 is 0 Å². The maximum atomic E-state index is 5.90. The average molecular weight is 304 g/mol. The zero-order chi connectivity index (χ0) is 13.9. The number of aliphatic imine (C=N–C) groups is 1. The van der Waals surface area contributed by atoms with Crippen molar-refractivity contribution in [1.29, 1.82) is 0 Å². The first kappa shape index (κ1) is 13.5. The molecular formula is C16H14ClNOS. The summed E-state index contributed by atoms with van der Waals surface area (Å²) in [6.07, 6.45) is 0.0895. The highest BCUT2D eigenvalue weighted by Crippen LogP contribution is 2.33. The second-order valence-corrected chi connectivity index (χ2v) is 6.09. The van der Waals surface area contributed by atoms with Crippen LogP contribution in [0.2, 0.25) is 5.02 Å². The van der Waals surface area contributed by atoms with Gasteiger partial charge in [-0.2, -0.15) is 0 Å². The molecule has 1 aliphatic heterocycles. The maximum Gasteiger partial charge on any atom is 0.251 e. The molecular weight excluding hydrogens is 290 g/mol. The van der Waals surface area contributed by atoms with E-state index in [0.717, 1.165) is 16.7 Å². The van der Waals surface area contributed by atoms with E-state index in [1.165, 1.54) is 11.1 Å². The van der Waals surface area contributed by atoms with Crippen LogP contribution in [0.15, 0.2) is 53.5 Å². The molecule has 0 aromatic heterocycles. The summed E-state index contributed by atoms with van der Waals surface area (Å²) in [5.41, 5.74) is 3.32. The van der Waals surface area contributed by atoms with E-state index in [2.05, 4.69) is 36.2 Å². The van der Waals surface area contributed by atoms with Gasteiger partial charge in [0.05, 0.1) is 5.69 Å². The number of benzene rings is 2. The number of hydrogen-bond donors (Lipinski definition) is 0. The number of aryl methyl sites for hydroxylation is 1. The largest absolute Gasteiger partial charge is 0.464 e. The predicted molar refractivity (Wildman–Crippen MR) is 86.0 cm³/mol. The van der Waals surface area contributed by atoms with Gasteiger partial charge in [-0.05, 0) is 36.8 Å². The molecule has 2 aromatic rings. The third-order valence-corrected chi connectivity index (χ3v) is 4.25. The fourth-order valence-corrected chi connectivity index (χ4v) is 3.00. The average Bonchev–Trinajstić information content (AvgIpc) is 2.91. The van der Waals surface area contributed by atoms with Crippen LogP contribution in [0.1, 0.15) is 17.2 Å². The molecule has 0 aliphatic carbocycles. The van der Waals surface area contributed by atoms with Crippen LogP contribution >= 0.6 is 23.4 Å². The van der Waals surface area contributed by atoms with Crippen LogP contribution < -0.4 is 0 Å². The van der Waals surface area contributed by atoms with E-state index in [9.17, 15) is 0 Å². The second kappa shape index (κ2) is 5.90. The van der Waals surface area contributed by atoms with Gasteiger partial charge in [-0.3, -0.25) is 0 Å². The van der Waals surface area contributed by atoms with Gasteiger partial charge in [-0.1, -0.05) is 53.2 Å². The number of thioether (sulfide) groups is 1. The Balaban J connectivity index is 1.73. The minimum Gasteiger partial charge on any atom is -0.464 e. The van der Waals surface area contributed by atoms with Crippen LogP contribution in [0.3, 0.4) is 0 Å². The lowest BCUT2D eigenvalue weighted by molar-refractivity contribution is 0.236. The Labute approximate surface area is 127 Å². The molecule has 1 atom stereocenters. The van der Waals surface area contributed by atoms with Crippen molar-refractivity contribution < 1.29 is 4.74 Å². The standard InChI is InChI=1S/C16H14ClNOS/c1-11-2-4-12(5-3-11)15-10-20-16(19-15)18-14-8-6-13(17)7-9-14/h2-9,15H,10H2,1H3. The van der Waals surface area contributed by atoms with E-state index >= 15 is 0 Å². The minimum absolute atomic E-state index is 0.0895. The Morgan fingerprint density at radius 3 is 2.50 bits per heavy atom. The third kappa shape index (κ3) is 3.17. The van der Waals surface area contributed by atoms with Crippen molar-refractivity contribution in [1.82, 2.24) is 0 Å². The zero-order valence-electron chi connectivity index (χ0n) is 11.0. The first-order valence-corrected chi connectivity index (χ1v) is 7.77. The smallest absolute Gasteiger partial charge is 0.251 e. The maximum absolute atomic E-state index is 5.90. The summed E-state index contributed by atoms with van der Waals surface area (Å²) in [4.78, 5) is 4.49. The summed E-state index contributed by atoms with van der Waals surface area (Å²) in [5, 5.41) is 1.43. The summed E-state index contributed by atoms with van der Waals surface area (Å²) in [6.45, 7) is 2.08. The molecule has 2 aromatic carbocycles. The lowest BCUT2D eigenvalue weighted by Crippen LogP contribution is -2.00. The zero-order valence-corrected chi connectivity index (χ0v) is 12.6. The van der Waals surface area contributed by atoms with Crippen molar-refractivity contribution in [3.05, 3.63) is 64.7 Å². The Morgan fingerprint density at radius 1 is 1.10 bits per heavy atom. The van der Waals surface area contributed by atoms with E-state index in [1.54, 1.807) is 11.8 Å². The van der Waals surface area contributed by atoms with Gasteiger partial charge >= 0.3 is 0 Å². The van der Waals surface area contributed by atoms with Crippen molar-refractivity contribution in [2.75, 3.05) is 5.75 Å². The highest BCUT2D eigenvalue weighted by atomic mass is 35.5. The fourth-order valence-electron chi connectivity index (χ4n) is 1.96. The van der Waals surface area contributed by atoms with Gasteiger partial charge in [0.25, 0.3) is 5.23 Å². The fraction of sp³-hybridized carbons (Fsp3) is 0.188. The molecule has 1 saturated heterocycles. The van der Waals surface area contributed by atoms with Gasteiger partial charge < -0.3 is 4.74 Å². The summed E-state index contributed by atoms with van der Waals surface area (Å²) in [5.74, 6) is 0.898. The van der Waals surface area contributed by atoms with Gasteiger partial charge in [-0.25, -0.2) is 4.99 Å². The molecule has 1 aliphatic rings. The van der Waals surface area contributed by atoms with Crippen molar-refractivity contribution in [2.24, 2.45) is 4.99 Å². The van der Waals surface area contributed by atoms with Crippen molar-refractivity contribution in [2.45, 2.75) is 13.0 Å². The summed E-state index contributed by atoms with van der Waals surface area (Å²) >= 11 is 7.50. The number of nitrogens with zero attached hydrogens (tertiary/aromatic N) is 1. The van der Waals surface area contributed by atoms with Crippen molar-refractivity contribution >= 4 is 34.3 Å². The molecule has 0 amide bonds. The third-order valence-electron chi connectivity index (χ3n) is 3.10. The predicted octanol–water partition coefficient (Wildman–Crippen LogP) is 5.14. The second-order valence-electron chi connectivity index (χ2n) is 4.68. The summed E-state index contributed by atoms with van der Waals surface area (Å²) in [7, 11) is 0. The summed E-state index contributed by atoms with van der Waals surface area (Å²) in [6, 6.07) is 15.9. The lowest BCUT2D eigenvalue weighted by Gasteiger charge is -2.09. The molecule has 20 heavy (non-hydrogen) atoms. The van der Waals surface area contributed by atoms with Crippen LogP contribution in [-0.4, -0.2) is 11.0 Å². The Kier molecular flexibility index (Phi) is 3.99. The normalized spacial score (nSPS) is 20.1. The number of rotatable bonds is 2. The van der Waals surface area contributed by atoms with E-state index in [-0.39, 0.29) is 6.10 Å². The first-order valence-electron chi connectivity index (χ1n) is 6.41. The monoisotopic (exact) mass is 303 g/mol. The van der Waals surface area contributed by atoms with Gasteiger partial charge in [0, 0.05) is 10.8 Å².